The first kappa shape index (κ1) is 24.6. The molecular formula is C25H27N3O6S. The molecule has 0 amide bonds. The van der Waals surface area contributed by atoms with Crippen LogP contribution in [0.15, 0.2) is 53.4 Å². The van der Waals surface area contributed by atoms with Crippen molar-refractivity contribution in [3.8, 4) is 11.4 Å². The zero-order valence-corrected chi connectivity index (χ0v) is 20.7. The molecule has 4 rings (SSSR count). The molecule has 0 radical (unpaired) electrons. The van der Waals surface area contributed by atoms with Gasteiger partial charge in [-0.2, -0.15) is 4.31 Å². The van der Waals surface area contributed by atoms with Crippen molar-refractivity contribution in [2.45, 2.75) is 38.5 Å². The molecule has 184 valence electrons. The van der Waals surface area contributed by atoms with E-state index in [4.69, 9.17) is 4.74 Å². The van der Waals surface area contributed by atoms with E-state index in [1.165, 1.54) is 16.4 Å². The molecule has 0 unspecified atom stereocenters. The maximum Gasteiger partial charge on any atom is 0.312 e. The van der Waals surface area contributed by atoms with Crippen molar-refractivity contribution >= 4 is 21.5 Å². The SMILES string of the molecule is Cc1ccc(-n2c(C)cc(C(=O)COc3ccc(S(=O)(=O)N4CCCC4)cc3[N+](=O)[O-])c2C)cc1. The lowest BCUT2D eigenvalue weighted by molar-refractivity contribution is -0.386. The van der Waals surface area contributed by atoms with Gasteiger partial charge in [-0.15, -0.1) is 0 Å². The van der Waals surface area contributed by atoms with Crippen LogP contribution in [-0.2, 0) is 10.0 Å². The number of carbonyl (C=O) groups is 1. The number of sulfonamides is 1. The number of ketones is 1. The Kier molecular flexibility index (Phi) is 6.77. The molecular weight excluding hydrogens is 470 g/mol. The molecule has 1 fully saturated rings. The van der Waals surface area contributed by atoms with Crippen LogP contribution in [0.4, 0.5) is 5.69 Å². The predicted molar refractivity (Wildman–Crippen MR) is 131 cm³/mol. The van der Waals surface area contributed by atoms with Crippen LogP contribution in [0.1, 0.15) is 40.2 Å². The van der Waals surface area contributed by atoms with Gasteiger partial charge in [-0.05, 0) is 63.9 Å². The summed E-state index contributed by atoms with van der Waals surface area (Å²) in [5, 5.41) is 11.6. The topological polar surface area (TPSA) is 112 Å². The van der Waals surface area contributed by atoms with E-state index in [0.717, 1.165) is 41.5 Å². The molecule has 0 bridgehead atoms. The van der Waals surface area contributed by atoms with Gasteiger partial charge in [0.05, 0.1) is 9.82 Å². The van der Waals surface area contributed by atoms with Crippen molar-refractivity contribution < 1.29 is 22.9 Å². The second-order valence-corrected chi connectivity index (χ2v) is 10.6. The molecule has 2 aromatic carbocycles. The summed E-state index contributed by atoms with van der Waals surface area (Å²) in [7, 11) is -3.82. The third-order valence-corrected chi connectivity index (χ3v) is 8.11. The summed E-state index contributed by atoms with van der Waals surface area (Å²) in [6, 6.07) is 13.2. The Morgan fingerprint density at radius 3 is 2.31 bits per heavy atom. The van der Waals surface area contributed by atoms with E-state index in [1.54, 1.807) is 6.07 Å². The molecule has 1 aliphatic heterocycles. The van der Waals surface area contributed by atoms with Crippen LogP contribution < -0.4 is 4.74 Å². The van der Waals surface area contributed by atoms with E-state index >= 15 is 0 Å². The quantitative estimate of drug-likeness (QED) is 0.260. The molecule has 0 spiro atoms. The van der Waals surface area contributed by atoms with Gasteiger partial charge in [0.1, 0.15) is 0 Å². The average Bonchev–Trinajstić information content (AvgIpc) is 3.47. The Labute approximate surface area is 204 Å². The summed E-state index contributed by atoms with van der Waals surface area (Å²) < 4.78 is 34.4. The lowest BCUT2D eigenvalue weighted by Crippen LogP contribution is -2.27. The van der Waals surface area contributed by atoms with Crippen molar-refractivity contribution in [3.05, 3.63) is 81.2 Å². The lowest BCUT2D eigenvalue weighted by atomic mass is 10.1. The molecule has 1 aliphatic rings. The third kappa shape index (κ3) is 4.85. The molecule has 0 N–H and O–H groups in total. The molecule has 35 heavy (non-hydrogen) atoms. The minimum Gasteiger partial charge on any atom is -0.478 e. The number of nitrogens with zero attached hydrogens (tertiary/aromatic N) is 3. The maximum atomic E-state index is 13.0. The van der Waals surface area contributed by atoms with Crippen LogP contribution >= 0.6 is 0 Å². The summed E-state index contributed by atoms with van der Waals surface area (Å²) in [6.07, 6.45) is 1.52. The number of carbonyl (C=O) groups excluding carboxylic acids is 1. The van der Waals surface area contributed by atoms with Crippen LogP contribution in [0.2, 0.25) is 0 Å². The molecule has 1 aromatic heterocycles. The number of Topliss-reactive ketones (excluding diaryl/α,β-unsaturated/α-hetero) is 1. The van der Waals surface area contributed by atoms with Gasteiger partial charge in [0.25, 0.3) is 0 Å². The van der Waals surface area contributed by atoms with Gasteiger partial charge in [0.2, 0.25) is 15.8 Å². The van der Waals surface area contributed by atoms with Gasteiger partial charge in [-0.25, -0.2) is 8.42 Å². The highest BCUT2D eigenvalue weighted by Crippen LogP contribution is 2.32. The predicted octanol–water partition coefficient (Wildman–Crippen LogP) is 4.36. The number of benzene rings is 2. The molecule has 0 atom stereocenters. The number of rotatable bonds is 8. The van der Waals surface area contributed by atoms with Crippen molar-refractivity contribution in [1.82, 2.24) is 8.87 Å². The molecule has 10 heteroatoms. The lowest BCUT2D eigenvalue weighted by Gasteiger charge is -2.16. The minimum atomic E-state index is -3.82. The highest BCUT2D eigenvalue weighted by atomic mass is 32.2. The van der Waals surface area contributed by atoms with Gasteiger partial charge in [0, 0.05) is 41.8 Å². The summed E-state index contributed by atoms with van der Waals surface area (Å²) >= 11 is 0. The van der Waals surface area contributed by atoms with Crippen LogP contribution in [0.3, 0.4) is 0 Å². The van der Waals surface area contributed by atoms with Crippen LogP contribution in [0.5, 0.6) is 5.75 Å². The Morgan fingerprint density at radius 1 is 1.03 bits per heavy atom. The monoisotopic (exact) mass is 497 g/mol. The molecule has 1 saturated heterocycles. The number of hydrogen-bond donors (Lipinski definition) is 0. The Morgan fingerprint density at radius 2 is 1.69 bits per heavy atom. The molecule has 3 aromatic rings. The fraction of sp³-hybridized carbons (Fsp3) is 0.320. The van der Waals surface area contributed by atoms with Crippen molar-refractivity contribution in [3.63, 3.8) is 0 Å². The largest absolute Gasteiger partial charge is 0.478 e. The van der Waals surface area contributed by atoms with E-state index in [1.807, 2.05) is 49.6 Å². The van der Waals surface area contributed by atoms with Crippen molar-refractivity contribution in [2.24, 2.45) is 0 Å². The summed E-state index contributed by atoms with van der Waals surface area (Å²) in [5.74, 6) is -0.490. The highest BCUT2D eigenvalue weighted by molar-refractivity contribution is 7.89. The molecule has 2 heterocycles. The average molecular weight is 498 g/mol. The smallest absolute Gasteiger partial charge is 0.312 e. The van der Waals surface area contributed by atoms with Crippen molar-refractivity contribution in [1.29, 1.82) is 0 Å². The first-order chi connectivity index (χ1) is 16.6. The van der Waals surface area contributed by atoms with Gasteiger partial charge in [0.15, 0.2) is 12.4 Å². The third-order valence-electron chi connectivity index (χ3n) is 6.21. The van der Waals surface area contributed by atoms with E-state index in [0.29, 0.717) is 18.7 Å². The molecule has 0 aliphatic carbocycles. The number of ether oxygens (including phenoxy) is 1. The molecule has 0 saturated carbocycles. The number of aryl methyl sites for hydroxylation is 2. The second-order valence-electron chi connectivity index (χ2n) is 8.67. The maximum absolute atomic E-state index is 13.0. The summed E-state index contributed by atoms with van der Waals surface area (Å²) in [4.78, 5) is 23.7. The van der Waals surface area contributed by atoms with Crippen molar-refractivity contribution in [2.75, 3.05) is 19.7 Å². The zero-order valence-electron chi connectivity index (χ0n) is 19.9. The zero-order chi connectivity index (χ0) is 25.3. The summed E-state index contributed by atoms with van der Waals surface area (Å²) in [5.41, 5.74) is 3.62. The van der Waals surface area contributed by atoms with Gasteiger partial charge >= 0.3 is 5.69 Å². The van der Waals surface area contributed by atoms with Gasteiger partial charge < -0.3 is 9.30 Å². The fourth-order valence-corrected chi connectivity index (χ4v) is 5.89. The van der Waals surface area contributed by atoms with E-state index < -0.39 is 27.2 Å². The van der Waals surface area contributed by atoms with Crippen LogP contribution in [0, 0.1) is 30.9 Å². The number of hydrogen-bond acceptors (Lipinski definition) is 6. The first-order valence-electron chi connectivity index (χ1n) is 11.3. The Bertz CT molecular complexity index is 1390. The number of nitro benzene ring substituents is 1. The minimum absolute atomic E-state index is 0.156. The number of nitro groups is 1. The summed E-state index contributed by atoms with van der Waals surface area (Å²) in [6.45, 7) is 6.10. The first-order valence-corrected chi connectivity index (χ1v) is 12.7. The highest BCUT2D eigenvalue weighted by Gasteiger charge is 2.30. The normalized spacial score (nSPS) is 14.3. The van der Waals surface area contributed by atoms with Crippen LogP contribution in [0.25, 0.3) is 5.69 Å². The van der Waals surface area contributed by atoms with Gasteiger partial charge in [-0.3, -0.25) is 14.9 Å². The number of aromatic nitrogens is 1. The van der Waals surface area contributed by atoms with Crippen LogP contribution in [-0.4, -0.2) is 47.7 Å². The van der Waals surface area contributed by atoms with E-state index in [-0.39, 0.29) is 16.4 Å². The van der Waals surface area contributed by atoms with Gasteiger partial charge in [-0.1, -0.05) is 17.7 Å². The van der Waals surface area contributed by atoms with E-state index in [2.05, 4.69) is 0 Å². The standard InChI is InChI=1S/C25H27N3O6S/c1-17-6-8-20(9-7-17)27-18(2)14-22(19(27)3)24(29)16-34-25-11-10-21(15-23(25)28(30)31)35(32,33)26-12-4-5-13-26/h6-11,14-15H,4-5,12-13,16H2,1-3H3. The van der Waals surface area contributed by atoms with E-state index in [9.17, 15) is 23.3 Å². The fourth-order valence-electron chi connectivity index (χ4n) is 4.36. The second kappa shape index (κ2) is 9.63. The molecule has 9 nitrogen and oxygen atoms in total. The Hall–Kier alpha value is -3.50. The Balaban J connectivity index is 1.56.